The molecule has 0 radical (unpaired) electrons. The molecule has 0 aliphatic carbocycles. The molecule has 2 aromatic heterocycles. The summed E-state index contributed by atoms with van der Waals surface area (Å²) in [5.41, 5.74) is 0.325. The van der Waals surface area contributed by atoms with Crippen molar-refractivity contribution >= 4 is 11.8 Å². The number of carbonyl (C=O) groups is 1. The monoisotopic (exact) mass is 331 g/mol. The van der Waals surface area contributed by atoms with E-state index in [1.54, 1.807) is 12.4 Å². The van der Waals surface area contributed by atoms with Gasteiger partial charge >= 0.3 is 5.97 Å². The number of pyridine rings is 1. The number of hydrogen-bond acceptors (Lipinski definition) is 7. The van der Waals surface area contributed by atoms with Crippen LogP contribution >= 0.6 is 0 Å². The van der Waals surface area contributed by atoms with Crippen molar-refractivity contribution < 1.29 is 14.3 Å². The summed E-state index contributed by atoms with van der Waals surface area (Å²) in [7, 11) is 4.80. The van der Waals surface area contributed by atoms with Gasteiger partial charge in [0.1, 0.15) is 23.5 Å². The number of carbonyl (C=O) groups excluding carboxylic acids is 1. The zero-order valence-corrected chi connectivity index (χ0v) is 14.1. The summed E-state index contributed by atoms with van der Waals surface area (Å²) in [5.74, 6) is 1.89. The molecule has 0 aromatic carbocycles. The Morgan fingerprint density at radius 3 is 2.83 bits per heavy atom. The fourth-order valence-electron chi connectivity index (χ4n) is 3.09. The normalized spacial score (nSPS) is 17.6. The highest BCUT2D eigenvalue weighted by Crippen LogP contribution is 2.29. The van der Waals surface area contributed by atoms with E-state index >= 15 is 0 Å². The number of rotatable bonds is 4. The molecule has 0 bridgehead atoms. The van der Waals surface area contributed by atoms with Gasteiger partial charge in [0.2, 0.25) is 5.88 Å². The highest BCUT2D eigenvalue weighted by molar-refractivity contribution is 5.92. The van der Waals surface area contributed by atoms with Crippen molar-refractivity contribution in [3.8, 4) is 5.88 Å². The van der Waals surface area contributed by atoms with Crippen LogP contribution in [0.25, 0.3) is 0 Å². The van der Waals surface area contributed by atoms with Gasteiger partial charge in [0, 0.05) is 26.1 Å². The van der Waals surface area contributed by atoms with Gasteiger partial charge in [-0.3, -0.25) is 0 Å². The fourth-order valence-corrected chi connectivity index (χ4v) is 3.09. The molecule has 1 fully saturated rings. The van der Waals surface area contributed by atoms with Crippen molar-refractivity contribution in [1.29, 1.82) is 0 Å². The summed E-state index contributed by atoms with van der Waals surface area (Å²) in [6.07, 6.45) is 3.83. The smallest absolute Gasteiger partial charge is 0.343 e. The van der Waals surface area contributed by atoms with Crippen LogP contribution in [0.4, 0.5) is 5.82 Å². The zero-order valence-electron chi connectivity index (χ0n) is 14.1. The van der Waals surface area contributed by atoms with E-state index in [4.69, 9.17) is 9.47 Å². The van der Waals surface area contributed by atoms with Crippen LogP contribution in [0.1, 0.15) is 34.9 Å². The molecule has 3 heterocycles. The summed E-state index contributed by atoms with van der Waals surface area (Å²) in [5, 5.41) is 8.20. The fraction of sp³-hybridized carbons (Fsp3) is 0.500. The second kappa shape index (κ2) is 6.86. The second-order valence-electron chi connectivity index (χ2n) is 5.80. The standard InChI is InChI=1S/C16H21N5O3/c1-20-10-17-19-14(20)11-5-4-8-21(9-11)13-7-6-12(16(22)24-3)15(18-13)23-2/h6-7,10-11H,4-5,8-9H2,1-3H3. The van der Waals surface area contributed by atoms with Gasteiger partial charge in [0.05, 0.1) is 14.2 Å². The molecule has 0 amide bonds. The molecule has 3 rings (SSSR count). The van der Waals surface area contributed by atoms with E-state index in [9.17, 15) is 4.79 Å². The Kier molecular flexibility index (Phi) is 4.64. The Bertz CT molecular complexity index is 730. The number of methoxy groups -OCH3 is 2. The van der Waals surface area contributed by atoms with Crippen LogP contribution in [0.15, 0.2) is 18.5 Å². The summed E-state index contributed by atoms with van der Waals surface area (Å²) < 4.78 is 12.0. The maximum absolute atomic E-state index is 11.8. The van der Waals surface area contributed by atoms with E-state index in [0.29, 0.717) is 11.5 Å². The lowest BCUT2D eigenvalue weighted by molar-refractivity contribution is 0.0596. The van der Waals surface area contributed by atoms with Gasteiger partial charge in [-0.25, -0.2) is 4.79 Å². The number of ether oxygens (including phenoxy) is 2. The third kappa shape index (κ3) is 3.04. The van der Waals surface area contributed by atoms with Crippen molar-refractivity contribution in [2.45, 2.75) is 18.8 Å². The molecular weight excluding hydrogens is 310 g/mol. The molecule has 1 aliphatic rings. The Labute approximate surface area is 140 Å². The zero-order chi connectivity index (χ0) is 17.1. The summed E-state index contributed by atoms with van der Waals surface area (Å²) in [4.78, 5) is 18.4. The second-order valence-corrected chi connectivity index (χ2v) is 5.80. The lowest BCUT2D eigenvalue weighted by Crippen LogP contribution is -2.36. The Morgan fingerprint density at radius 2 is 2.17 bits per heavy atom. The highest BCUT2D eigenvalue weighted by Gasteiger charge is 2.26. The molecule has 8 heteroatoms. The predicted molar refractivity (Wildman–Crippen MR) is 87.3 cm³/mol. The Hall–Kier alpha value is -2.64. The average molecular weight is 331 g/mol. The summed E-state index contributed by atoms with van der Waals surface area (Å²) >= 11 is 0. The Morgan fingerprint density at radius 1 is 1.33 bits per heavy atom. The molecule has 128 valence electrons. The third-order valence-corrected chi connectivity index (χ3v) is 4.30. The van der Waals surface area contributed by atoms with Crippen LogP contribution in [0, 0.1) is 0 Å². The van der Waals surface area contributed by atoms with Crippen LogP contribution in [0.3, 0.4) is 0 Å². The van der Waals surface area contributed by atoms with Crippen LogP contribution < -0.4 is 9.64 Å². The quantitative estimate of drug-likeness (QED) is 0.783. The van der Waals surface area contributed by atoms with E-state index in [1.807, 2.05) is 17.7 Å². The van der Waals surface area contributed by atoms with E-state index < -0.39 is 5.97 Å². The molecule has 0 N–H and O–H groups in total. The van der Waals surface area contributed by atoms with Crippen LogP contribution in [-0.4, -0.2) is 53.0 Å². The van der Waals surface area contributed by atoms with Crippen molar-refractivity contribution in [3.63, 3.8) is 0 Å². The highest BCUT2D eigenvalue weighted by atomic mass is 16.5. The summed E-state index contributed by atoms with van der Waals surface area (Å²) in [6, 6.07) is 3.52. The minimum Gasteiger partial charge on any atom is -0.480 e. The van der Waals surface area contributed by atoms with Crippen LogP contribution in [0.2, 0.25) is 0 Å². The van der Waals surface area contributed by atoms with Gasteiger partial charge in [-0.2, -0.15) is 4.98 Å². The van der Waals surface area contributed by atoms with Gasteiger partial charge in [-0.15, -0.1) is 10.2 Å². The molecule has 0 spiro atoms. The van der Waals surface area contributed by atoms with Gasteiger partial charge in [0.25, 0.3) is 0 Å². The number of nitrogens with zero attached hydrogens (tertiary/aromatic N) is 5. The average Bonchev–Trinajstić information content (AvgIpc) is 3.06. The first-order chi connectivity index (χ1) is 11.6. The first-order valence-corrected chi connectivity index (χ1v) is 7.86. The van der Waals surface area contributed by atoms with Crippen molar-refractivity contribution in [3.05, 3.63) is 29.8 Å². The number of anilines is 1. The van der Waals surface area contributed by atoms with Gasteiger partial charge in [-0.05, 0) is 25.0 Å². The van der Waals surface area contributed by atoms with E-state index in [2.05, 4.69) is 20.1 Å². The van der Waals surface area contributed by atoms with Crippen LogP contribution in [0.5, 0.6) is 5.88 Å². The van der Waals surface area contributed by atoms with Gasteiger partial charge in [0.15, 0.2) is 0 Å². The van der Waals surface area contributed by atoms with Gasteiger partial charge in [-0.1, -0.05) is 0 Å². The topological polar surface area (TPSA) is 82.4 Å². The molecule has 1 saturated heterocycles. The van der Waals surface area contributed by atoms with Gasteiger partial charge < -0.3 is 18.9 Å². The van der Waals surface area contributed by atoms with Crippen LogP contribution in [-0.2, 0) is 11.8 Å². The number of esters is 1. The maximum Gasteiger partial charge on any atom is 0.343 e. The largest absolute Gasteiger partial charge is 0.480 e. The number of hydrogen-bond donors (Lipinski definition) is 0. The van der Waals surface area contributed by atoms with Crippen molar-refractivity contribution in [2.75, 3.05) is 32.2 Å². The molecule has 24 heavy (non-hydrogen) atoms. The minimum absolute atomic E-state index is 0.278. The lowest BCUT2D eigenvalue weighted by Gasteiger charge is -2.33. The van der Waals surface area contributed by atoms with Crippen molar-refractivity contribution in [1.82, 2.24) is 19.7 Å². The molecule has 1 aliphatic heterocycles. The summed E-state index contributed by atoms with van der Waals surface area (Å²) in [6.45, 7) is 1.71. The lowest BCUT2D eigenvalue weighted by atomic mass is 9.97. The first-order valence-electron chi connectivity index (χ1n) is 7.86. The minimum atomic E-state index is -0.457. The number of aromatic nitrogens is 4. The number of aryl methyl sites for hydroxylation is 1. The third-order valence-electron chi connectivity index (χ3n) is 4.30. The predicted octanol–water partition coefficient (Wildman–Crippen LogP) is 1.39. The van der Waals surface area contributed by atoms with E-state index in [0.717, 1.165) is 37.6 Å². The van der Waals surface area contributed by atoms with E-state index in [-0.39, 0.29) is 5.88 Å². The van der Waals surface area contributed by atoms with E-state index in [1.165, 1.54) is 14.2 Å². The molecule has 1 unspecified atom stereocenters. The number of piperidine rings is 1. The Balaban J connectivity index is 1.83. The molecular formula is C16H21N5O3. The molecule has 1 atom stereocenters. The maximum atomic E-state index is 11.8. The SMILES string of the molecule is COC(=O)c1ccc(N2CCCC(c3nncn3C)C2)nc1OC. The first kappa shape index (κ1) is 16.2. The molecule has 0 saturated carbocycles. The molecule has 2 aromatic rings. The van der Waals surface area contributed by atoms with Crippen molar-refractivity contribution in [2.24, 2.45) is 7.05 Å². The molecule has 8 nitrogen and oxygen atoms in total.